The molecular weight excluding hydrogens is 217 g/mol. The molecule has 2 nitrogen and oxygen atoms in total. The zero-order chi connectivity index (χ0) is 11.8. The molecule has 2 aromatic rings. The van der Waals surface area contributed by atoms with Gasteiger partial charge in [0.2, 0.25) is 0 Å². The summed E-state index contributed by atoms with van der Waals surface area (Å²) in [5.41, 5.74) is 0.492. The molecular formula is C11H11F3N2. The molecule has 0 saturated heterocycles. The summed E-state index contributed by atoms with van der Waals surface area (Å²) >= 11 is 0. The van der Waals surface area contributed by atoms with E-state index in [0.717, 1.165) is 29.0 Å². The third-order valence-corrected chi connectivity index (χ3v) is 2.40. The quantitative estimate of drug-likeness (QED) is 0.770. The van der Waals surface area contributed by atoms with Gasteiger partial charge in [0.25, 0.3) is 0 Å². The van der Waals surface area contributed by atoms with Crippen molar-refractivity contribution in [3.63, 3.8) is 0 Å². The van der Waals surface area contributed by atoms with Crippen molar-refractivity contribution in [3.8, 4) is 0 Å². The van der Waals surface area contributed by atoms with Crippen LogP contribution in [-0.4, -0.2) is 9.38 Å². The number of hydrogen-bond donors (Lipinski definition) is 0. The van der Waals surface area contributed by atoms with E-state index in [9.17, 15) is 13.2 Å². The summed E-state index contributed by atoms with van der Waals surface area (Å²) in [7, 11) is 0. The van der Waals surface area contributed by atoms with Gasteiger partial charge < -0.3 is 0 Å². The molecule has 0 aromatic carbocycles. The normalized spacial score (nSPS) is 12.2. The second-order valence-corrected chi connectivity index (χ2v) is 3.66. The van der Waals surface area contributed by atoms with Crippen LogP contribution in [0.2, 0.25) is 0 Å². The molecule has 0 fully saturated rings. The summed E-state index contributed by atoms with van der Waals surface area (Å²) in [6.07, 6.45) is -0.309. The van der Waals surface area contributed by atoms with Crippen molar-refractivity contribution >= 4 is 5.65 Å². The molecule has 0 aliphatic heterocycles. The highest BCUT2D eigenvalue weighted by atomic mass is 19.4. The Bertz CT molecular complexity index is 499. The number of fused-ring (bicyclic) bond motifs is 1. The predicted octanol–water partition coefficient (Wildman–Crippen LogP) is 3.31. The highest BCUT2D eigenvalue weighted by molar-refractivity contribution is 5.42. The smallest absolute Gasteiger partial charge is 0.296 e. The van der Waals surface area contributed by atoms with E-state index in [1.165, 1.54) is 6.20 Å². The zero-order valence-electron chi connectivity index (χ0n) is 8.75. The van der Waals surface area contributed by atoms with Crippen LogP contribution < -0.4 is 0 Å². The van der Waals surface area contributed by atoms with Gasteiger partial charge in [-0.3, -0.25) is 4.40 Å². The van der Waals surface area contributed by atoms with Crippen LogP contribution in [0.1, 0.15) is 24.6 Å². The van der Waals surface area contributed by atoms with Crippen molar-refractivity contribution in [1.29, 1.82) is 0 Å². The molecule has 5 heteroatoms. The number of aryl methyl sites for hydroxylation is 1. The maximum Gasteiger partial charge on any atom is 0.433 e. The van der Waals surface area contributed by atoms with Gasteiger partial charge in [0.1, 0.15) is 11.3 Å². The summed E-state index contributed by atoms with van der Waals surface area (Å²) in [6, 6.07) is 3.42. The molecule has 86 valence electrons. The lowest BCUT2D eigenvalue weighted by Crippen LogP contribution is -2.08. The Morgan fingerprint density at radius 3 is 2.69 bits per heavy atom. The van der Waals surface area contributed by atoms with Crippen molar-refractivity contribution < 1.29 is 13.2 Å². The van der Waals surface area contributed by atoms with E-state index in [-0.39, 0.29) is 0 Å². The van der Waals surface area contributed by atoms with Crippen LogP contribution in [-0.2, 0) is 12.6 Å². The van der Waals surface area contributed by atoms with Crippen molar-refractivity contribution in [2.24, 2.45) is 0 Å². The molecule has 0 amide bonds. The summed E-state index contributed by atoms with van der Waals surface area (Å²) in [5, 5.41) is 0. The van der Waals surface area contributed by atoms with Gasteiger partial charge in [-0.25, -0.2) is 4.98 Å². The van der Waals surface area contributed by atoms with Crippen molar-refractivity contribution in [1.82, 2.24) is 9.38 Å². The largest absolute Gasteiger partial charge is 0.433 e. The fourth-order valence-electron chi connectivity index (χ4n) is 1.67. The number of nitrogens with zero attached hydrogens (tertiary/aromatic N) is 2. The summed E-state index contributed by atoms with van der Waals surface area (Å²) in [5.74, 6) is 0. The topological polar surface area (TPSA) is 17.3 Å². The average molecular weight is 228 g/mol. The van der Waals surface area contributed by atoms with E-state index in [1.807, 2.05) is 13.0 Å². The Labute approximate surface area is 90.7 Å². The fraction of sp³-hybridized carbons (Fsp3) is 0.364. The van der Waals surface area contributed by atoms with E-state index in [0.29, 0.717) is 5.65 Å². The maximum atomic E-state index is 12.6. The van der Waals surface area contributed by atoms with Crippen LogP contribution >= 0.6 is 0 Å². The van der Waals surface area contributed by atoms with Gasteiger partial charge in [-0.1, -0.05) is 19.4 Å². The Kier molecular flexibility index (Phi) is 2.61. The van der Waals surface area contributed by atoms with Gasteiger partial charge >= 0.3 is 6.18 Å². The monoisotopic (exact) mass is 228 g/mol. The van der Waals surface area contributed by atoms with Crippen molar-refractivity contribution in [2.75, 3.05) is 0 Å². The molecule has 0 spiro atoms. The lowest BCUT2D eigenvalue weighted by molar-refractivity contribution is -0.141. The molecule has 0 radical (unpaired) electrons. The highest BCUT2D eigenvalue weighted by Crippen LogP contribution is 2.29. The Morgan fingerprint density at radius 1 is 1.31 bits per heavy atom. The Balaban J connectivity index is 2.56. The number of imidazole rings is 1. The van der Waals surface area contributed by atoms with Crippen LogP contribution in [0.25, 0.3) is 5.65 Å². The van der Waals surface area contributed by atoms with Gasteiger partial charge in [0.05, 0.1) is 6.20 Å². The van der Waals surface area contributed by atoms with Crippen molar-refractivity contribution in [2.45, 2.75) is 25.9 Å². The average Bonchev–Trinajstić information content (AvgIpc) is 2.60. The molecule has 0 N–H and O–H groups in total. The Hall–Kier alpha value is -1.52. The molecule has 0 atom stereocenters. The molecule has 0 aliphatic rings. The number of alkyl halides is 3. The molecule has 0 unspecified atom stereocenters. The minimum atomic E-state index is -4.36. The molecule has 16 heavy (non-hydrogen) atoms. The summed E-state index contributed by atoms with van der Waals surface area (Å²) in [4.78, 5) is 3.73. The molecule has 2 aromatic heterocycles. The number of aromatic nitrogens is 2. The SMILES string of the molecule is CCCc1ccc2ncc(C(F)(F)F)n2c1. The van der Waals surface area contributed by atoms with E-state index in [2.05, 4.69) is 4.98 Å². The zero-order valence-corrected chi connectivity index (χ0v) is 8.75. The fourth-order valence-corrected chi connectivity index (χ4v) is 1.67. The predicted molar refractivity (Wildman–Crippen MR) is 54.2 cm³/mol. The Morgan fingerprint density at radius 2 is 2.06 bits per heavy atom. The van der Waals surface area contributed by atoms with Gasteiger partial charge in [-0.2, -0.15) is 13.2 Å². The van der Waals surface area contributed by atoms with Gasteiger partial charge in [0, 0.05) is 6.20 Å². The van der Waals surface area contributed by atoms with Crippen LogP contribution in [0.3, 0.4) is 0 Å². The molecule has 2 rings (SSSR count). The number of rotatable bonds is 2. The number of hydrogen-bond acceptors (Lipinski definition) is 1. The number of pyridine rings is 1. The standard InChI is InChI=1S/C11H11F3N2/c1-2-3-8-4-5-10-15-6-9(11(12,13)14)16(10)7-8/h4-7H,2-3H2,1H3. The third kappa shape index (κ3) is 1.89. The van der Waals surface area contributed by atoms with Crippen LogP contribution in [0, 0.1) is 0 Å². The van der Waals surface area contributed by atoms with E-state index in [1.54, 1.807) is 6.07 Å². The van der Waals surface area contributed by atoms with E-state index in [4.69, 9.17) is 0 Å². The molecule has 0 bridgehead atoms. The second-order valence-electron chi connectivity index (χ2n) is 3.66. The first kappa shape index (κ1) is 11.0. The van der Waals surface area contributed by atoms with Gasteiger partial charge in [-0.05, 0) is 18.1 Å². The minimum Gasteiger partial charge on any atom is -0.296 e. The first-order valence-electron chi connectivity index (χ1n) is 5.05. The van der Waals surface area contributed by atoms with Gasteiger partial charge in [-0.15, -0.1) is 0 Å². The lowest BCUT2D eigenvalue weighted by atomic mass is 10.2. The molecule has 2 heterocycles. The van der Waals surface area contributed by atoms with Crippen molar-refractivity contribution in [3.05, 3.63) is 35.8 Å². The lowest BCUT2D eigenvalue weighted by Gasteiger charge is -2.07. The molecule has 0 saturated carbocycles. The van der Waals surface area contributed by atoms with E-state index >= 15 is 0 Å². The first-order chi connectivity index (χ1) is 7.52. The number of halogens is 3. The molecule has 0 aliphatic carbocycles. The van der Waals surface area contributed by atoms with Crippen LogP contribution in [0.4, 0.5) is 13.2 Å². The highest BCUT2D eigenvalue weighted by Gasteiger charge is 2.34. The summed E-state index contributed by atoms with van der Waals surface area (Å²) < 4.78 is 38.9. The second kappa shape index (κ2) is 3.81. The van der Waals surface area contributed by atoms with E-state index < -0.39 is 11.9 Å². The first-order valence-corrected chi connectivity index (χ1v) is 5.05. The van der Waals surface area contributed by atoms with Gasteiger partial charge in [0.15, 0.2) is 0 Å². The van der Waals surface area contributed by atoms with Crippen LogP contribution in [0.15, 0.2) is 24.5 Å². The van der Waals surface area contributed by atoms with Crippen LogP contribution in [0.5, 0.6) is 0 Å². The minimum absolute atomic E-state index is 0.326. The summed E-state index contributed by atoms with van der Waals surface area (Å²) in [6.45, 7) is 1.99. The maximum absolute atomic E-state index is 12.6. The third-order valence-electron chi connectivity index (χ3n) is 2.40.